The SMILES string of the molecule is CN(C)S(=O)(=O)c1ccccc1CNC(=O)[C@H]1CNC[C@@H]1c1cnn(C)c1. The van der Waals surface area contributed by atoms with Crippen LogP contribution >= 0.6 is 0 Å². The van der Waals surface area contributed by atoms with Crippen molar-refractivity contribution in [3.8, 4) is 0 Å². The molecule has 0 aliphatic carbocycles. The van der Waals surface area contributed by atoms with Gasteiger partial charge >= 0.3 is 0 Å². The van der Waals surface area contributed by atoms with Crippen LogP contribution < -0.4 is 10.6 Å². The number of nitrogens with one attached hydrogen (secondary N) is 2. The summed E-state index contributed by atoms with van der Waals surface area (Å²) in [5.74, 6) is -0.253. The van der Waals surface area contributed by atoms with Gasteiger partial charge in [-0.15, -0.1) is 0 Å². The normalized spacial score (nSPS) is 20.1. The Kier molecular flexibility index (Phi) is 5.64. The van der Waals surface area contributed by atoms with Crippen molar-refractivity contribution < 1.29 is 13.2 Å². The Balaban J connectivity index is 1.73. The second-order valence-corrected chi connectivity index (χ2v) is 9.05. The van der Waals surface area contributed by atoms with Crippen LogP contribution in [-0.2, 0) is 28.4 Å². The van der Waals surface area contributed by atoms with E-state index in [0.717, 1.165) is 12.1 Å². The molecule has 2 heterocycles. The van der Waals surface area contributed by atoms with Gasteiger partial charge in [-0.3, -0.25) is 9.48 Å². The van der Waals surface area contributed by atoms with Crippen molar-refractivity contribution in [2.45, 2.75) is 17.4 Å². The smallest absolute Gasteiger partial charge is 0.242 e. The Morgan fingerprint density at radius 2 is 2.07 bits per heavy atom. The van der Waals surface area contributed by atoms with Gasteiger partial charge in [0.15, 0.2) is 0 Å². The summed E-state index contributed by atoms with van der Waals surface area (Å²) in [5.41, 5.74) is 1.60. The molecule has 1 aliphatic rings. The van der Waals surface area contributed by atoms with Gasteiger partial charge in [0.05, 0.1) is 17.0 Å². The average Bonchev–Trinajstić information content (AvgIpc) is 3.28. The summed E-state index contributed by atoms with van der Waals surface area (Å²) in [6.45, 7) is 1.47. The van der Waals surface area contributed by atoms with Gasteiger partial charge in [-0.05, 0) is 17.2 Å². The fourth-order valence-corrected chi connectivity index (χ4v) is 4.46. The minimum atomic E-state index is -3.57. The number of carbonyl (C=O) groups is 1. The first kappa shape index (κ1) is 19.5. The molecule has 1 amide bonds. The molecular formula is C18H25N5O3S. The minimum Gasteiger partial charge on any atom is -0.352 e. The van der Waals surface area contributed by atoms with Crippen molar-refractivity contribution in [2.75, 3.05) is 27.2 Å². The van der Waals surface area contributed by atoms with Crippen LogP contribution in [0.2, 0.25) is 0 Å². The molecule has 2 aromatic rings. The van der Waals surface area contributed by atoms with Crippen LogP contribution in [0.1, 0.15) is 17.0 Å². The van der Waals surface area contributed by atoms with Crippen LogP contribution in [0.25, 0.3) is 0 Å². The second-order valence-electron chi connectivity index (χ2n) is 6.93. The van der Waals surface area contributed by atoms with E-state index in [1.54, 1.807) is 35.1 Å². The third-order valence-electron chi connectivity index (χ3n) is 4.89. The van der Waals surface area contributed by atoms with E-state index in [0.29, 0.717) is 12.1 Å². The Morgan fingerprint density at radius 3 is 2.74 bits per heavy atom. The molecule has 0 radical (unpaired) electrons. The summed E-state index contributed by atoms with van der Waals surface area (Å²) in [6.07, 6.45) is 3.72. The first-order valence-electron chi connectivity index (χ1n) is 8.78. The zero-order chi connectivity index (χ0) is 19.6. The van der Waals surface area contributed by atoms with Gasteiger partial charge in [0, 0.05) is 52.9 Å². The maximum absolute atomic E-state index is 12.8. The maximum Gasteiger partial charge on any atom is 0.242 e. The molecule has 27 heavy (non-hydrogen) atoms. The van der Waals surface area contributed by atoms with Crippen molar-refractivity contribution in [1.29, 1.82) is 0 Å². The zero-order valence-corrected chi connectivity index (χ0v) is 16.5. The third-order valence-corrected chi connectivity index (χ3v) is 6.80. The van der Waals surface area contributed by atoms with E-state index in [9.17, 15) is 13.2 Å². The number of amides is 1. The Bertz CT molecular complexity index is 923. The highest BCUT2D eigenvalue weighted by Crippen LogP contribution is 2.28. The molecule has 0 unspecified atom stereocenters. The number of aryl methyl sites for hydroxylation is 1. The lowest BCUT2D eigenvalue weighted by Crippen LogP contribution is -2.34. The predicted molar refractivity (Wildman–Crippen MR) is 101 cm³/mol. The molecule has 1 aromatic carbocycles. The summed E-state index contributed by atoms with van der Waals surface area (Å²) < 4.78 is 27.9. The second kappa shape index (κ2) is 7.79. The number of carbonyl (C=O) groups excluding carboxylic acids is 1. The van der Waals surface area contributed by atoms with E-state index in [2.05, 4.69) is 15.7 Å². The molecule has 1 saturated heterocycles. The van der Waals surface area contributed by atoms with Crippen LogP contribution in [0.15, 0.2) is 41.6 Å². The molecular weight excluding hydrogens is 366 g/mol. The number of rotatable bonds is 6. The monoisotopic (exact) mass is 391 g/mol. The molecule has 0 spiro atoms. The number of aromatic nitrogens is 2. The van der Waals surface area contributed by atoms with Crippen molar-refractivity contribution in [1.82, 2.24) is 24.7 Å². The van der Waals surface area contributed by atoms with Gasteiger partial charge in [-0.2, -0.15) is 5.10 Å². The average molecular weight is 391 g/mol. The summed E-state index contributed by atoms with van der Waals surface area (Å²) in [6, 6.07) is 6.74. The molecule has 2 atom stereocenters. The van der Waals surface area contributed by atoms with E-state index < -0.39 is 10.0 Å². The van der Waals surface area contributed by atoms with Crippen LogP contribution in [0, 0.1) is 5.92 Å². The van der Waals surface area contributed by atoms with Crippen molar-refractivity contribution >= 4 is 15.9 Å². The van der Waals surface area contributed by atoms with Gasteiger partial charge in [-0.1, -0.05) is 18.2 Å². The fourth-order valence-electron chi connectivity index (χ4n) is 3.35. The highest BCUT2D eigenvalue weighted by Gasteiger charge is 2.34. The lowest BCUT2D eigenvalue weighted by atomic mass is 9.90. The number of hydrogen-bond acceptors (Lipinski definition) is 5. The summed E-state index contributed by atoms with van der Waals surface area (Å²) in [5, 5.41) is 10.4. The highest BCUT2D eigenvalue weighted by molar-refractivity contribution is 7.89. The summed E-state index contributed by atoms with van der Waals surface area (Å²) in [4.78, 5) is 13.0. The van der Waals surface area contributed by atoms with E-state index in [4.69, 9.17) is 0 Å². The molecule has 3 rings (SSSR count). The quantitative estimate of drug-likeness (QED) is 0.738. The Hall–Kier alpha value is -2.23. The van der Waals surface area contributed by atoms with E-state index in [1.807, 2.05) is 13.2 Å². The minimum absolute atomic E-state index is 0.0550. The van der Waals surface area contributed by atoms with Crippen molar-refractivity contribution in [3.05, 3.63) is 47.8 Å². The summed E-state index contributed by atoms with van der Waals surface area (Å²) >= 11 is 0. The van der Waals surface area contributed by atoms with Crippen LogP contribution in [0.5, 0.6) is 0 Å². The molecule has 146 valence electrons. The molecule has 1 aliphatic heterocycles. The van der Waals surface area contributed by atoms with Crippen molar-refractivity contribution in [3.63, 3.8) is 0 Å². The molecule has 1 fully saturated rings. The molecule has 9 heteroatoms. The van der Waals surface area contributed by atoms with E-state index in [-0.39, 0.29) is 29.2 Å². The Morgan fingerprint density at radius 1 is 1.33 bits per heavy atom. The molecule has 1 aromatic heterocycles. The zero-order valence-electron chi connectivity index (χ0n) is 15.7. The first-order chi connectivity index (χ1) is 12.8. The molecule has 0 bridgehead atoms. The van der Waals surface area contributed by atoms with Gasteiger partial charge in [0.25, 0.3) is 0 Å². The Labute approximate surface area is 159 Å². The lowest BCUT2D eigenvalue weighted by molar-refractivity contribution is -0.125. The third kappa shape index (κ3) is 4.05. The maximum atomic E-state index is 12.8. The molecule has 2 N–H and O–H groups in total. The van der Waals surface area contributed by atoms with Gasteiger partial charge < -0.3 is 10.6 Å². The predicted octanol–water partition coefficient (Wildman–Crippen LogP) is 0.290. The number of nitrogens with zero attached hydrogens (tertiary/aromatic N) is 3. The number of hydrogen-bond donors (Lipinski definition) is 2. The standard InChI is InChI=1S/C18H25N5O3S/c1-22(2)27(25,26)17-7-5-4-6-13(17)8-20-18(24)16-11-19-10-15(16)14-9-21-23(3)12-14/h4-7,9,12,15-16,19H,8,10-11H2,1-3H3,(H,20,24)/t15-,16+/m1/s1. The van der Waals surface area contributed by atoms with E-state index >= 15 is 0 Å². The van der Waals surface area contributed by atoms with E-state index in [1.165, 1.54) is 18.4 Å². The topological polar surface area (TPSA) is 96.3 Å². The first-order valence-corrected chi connectivity index (χ1v) is 10.2. The van der Waals surface area contributed by atoms with Crippen LogP contribution in [-0.4, -0.2) is 55.6 Å². The van der Waals surface area contributed by atoms with Gasteiger partial charge in [-0.25, -0.2) is 12.7 Å². The summed E-state index contributed by atoms with van der Waals surface area (Å²) in [7, 11) is 1.27. The molecule has 0 saturated carbocycles. The number of benzene rings is 1. The largest absolute Gasteiger partial charge is 0.352 e. The van der Waals surface area contributed by atoms with Gasteiger partial charge in [0.2, 0.25) is 15.9 Å². The van der Waals surface area contributed by atoms with Gasteiger partial charge in [0.1, 0.15) is 0 Å². The fraction of sp³-hybridized carbons (Fsp3) is 0.444. The van der Waals surface area contributed by atoms with Crippen LogP contribution in [0.3, 0.4) is 0 Å². The number of sulfonamides is 1. The lowest BCUT2D eigenvalue weighted by Gasteiger charge is -2.19. The van der Waals surface area contributed by atoms with Crippen LogP contribution in [0.4, 0.5) is 0 Å². The highest BCUT2D eigenvalue weighted by atomic mass is 32.2. The molecule has 8 nitrogen and oxygen atoms in total. The van der Waals surface area contributed by atoms with Crippen molar-refractivity contribution in [2.24, 2.45) is 13.0 Å².